The summed E-state index contributed by atoms with van der Waals surface area (Å²) in [6.45, 7) is 4.04. The monoisotopic (exact) mass is 211 g/mol. The standard InChI is InChI=1S/C10H17N3O2/c1-3-5-6-7-9(14)11-10-8(4-2)12-15-13-10/h3-7H2,1-2H3,(H,11,13,14). The molecule has 0 saturated heterocycles. The average Bonchev–Trinajstić information content (AvgIpc) is 2.65. The van der Waals surface area contributed by atoms with Crippen LogP contribution < -0.4 is 5.32 Å². The highest BCUT2D eigenvalue weighted by molar-refractivity contribution is 5.90. The maximum absolute atomic E-state index is 11.4. The Balaban J connectivity index is 2.37. The number of aromatic nitrogens is 2. The van der Waals surface area contributed by atoms with Gasteiger partial charge in [0.15, 0.2) is 0 Å². The molecule has 1 heterocycles. The van der Waals surface area contributed by atoms with Gasteiger partial charge in [0.1, 0.15) is 5.69 Å². The summed E-state index contributed by atoms with van der Waals surface area (Å²) in [5.74, 6) is 0.438. The van der Waals surface area contributed by atoms with E-state index in [2.05, 4.69) is 27.2 Å². The summed E-state index contributed by atoms with van der Waals surface area (Å²) >= 11 is 0. The van der Waals surface area contributed by atoms with Crippen LogP contribution in [0.25, 0.3) is 0 Å². The van der Waals surface area contributed by atoms with E-state index in [0.717, 1.165) is 19.3 Å². The van der Waals surface area contributed by atoms with Crippen molar-refractivity contribution in [2.45, 2.75) is 46.0 Å². The van der Waals surface area contributed by atoms with Crippen LogP contribution in [-0.2, 0) is 11.2 Å². The molecular weight excluding hydrogens is 194 g/mol. The Morgan fingerprint density at radius 1 is 1.33 bits per heavy atom. The van der Waals surface area contributed by atoms with E-state index in [-0.39, 0.29) is 5.91 Å². The van der Waals surface area contributed by atoms with Crippen molar-refractivity contribution in [3.63, 3.8) is 0 Å². The molecule has 0 aliphatic heterocycles. The molecule has 0 spiro atoms. The summed E-state index contributed by atoms with van der Waals surface area (Å²) in [7, 11) is 0. The van der Waals surface area contributed by atoms with Crippen LogP contribution in [0, 0.1) is 0 Å². The van der Waals surface area contributed by atoms with Gasteiger partial charge in [0.25, 0.3) is 0 Å². The third-order valence-corrected chi connectivity index (χ3v) is 2.16. The molecule has 1 aromatic rings. The molecule has 0 aromatic carbocycles. The van der Waals surface area contributed by atoms with Crippen LogP contribution in [0.1, 0.15) is 45.2 Å². The quantitative estimate of drug-likeness (QED) is 0.732. The van der Waals surface area contributed by atoms with Gasteiger partial charge in [-0.05, 0) is 18.0 Å². The molecule has 0 bridgehead atoms. The minimum absolute atomic E-state index is 0.0196. The van der Waals surface area contributed by atoms with Gasteiger partial charge in [-0.2, -0.15) is 0 Å². The largest absolute Gasteiger partial charge is 0.306 e. The lowest BCUT2D eigenvalue weighted by Crippen LogP contribution is -2.12. The van der Waals surface area contributed by atoms with E-state index >= 15 is 0 Å². The number of nitrogens with zero attached hydrogens (tertiary/aromatic N) is 2. The van der Waals surface area contributed by atoms with E-state index in [1.807, 2.05) is 6.92 Å². The number of carbonyl (C=O) groups excluding carboxylic acids is 1. The first-order chi connectivity index (χ1) is 7.27. The van der Waals surface area contributed by atoms with Crippen LogP contribution in [0.15, 0.2) is 4.63 Å². The summed E-state index contributed by atoms with van der Waals surface area (Å²) in [6, 6.07) is 0. The van der Waals surface area contributed by atoms with Gasteiger partial charge < -0.3 is 5.32 Å². The maximum atomic E-state index is 11.4. The lowest BCUT2D eigenvalue weighted by molar-refractivity contribution is -0.116. The third-order valence-electron chi connectivity index (χ3n) is 2.16. The number of unbranched alkanes of at least 4 members (excludes halogenated alkanes) is 2. The molecule has 15 heavy (non-hydrogen) atoms. The maximum Gasteiger partial charge on any atom is 0.225 e. The number of aryl methyl sites for hydroxylation is 1. The molecule has 84 valence electrons. The second kappa shape index (κ2) is 6.16. The summed E-state index contributed by atoms with van der Waals surface area (Å²) in [6.07, 6.45) is 4.33. The van der Waals surface area contributed by atoms with Gasteiger partial charge in [-0.15, -0.1) is 0 Å². The summed E-state index contributed by atoms with van der Waals surface area (Å²) in [5.41, 5.74) is 0.693. The normalized spacial score (nSPS) is 10.3. The SMILES string of the molecule is CCCCCC(=O)Nc1nonc1CC. The van der Waals surface area contributed by atoms with E-state index < -0.39 is 0 Å². The Hall–Kier alpha value is -1.39. The first kappa shape index (κ1) is 11.7. The predicted octanol–water partition coefficient (Wildman–Crippen LogP) is 2.15. The first-order valence-electron chi connectivity index (χ1n) is 5.39. The van der Waals surface area contributed by atoms with Gasteiger partial charge >= 0.3 is 0 Å². The molecule has 0 saturated carbocycles. The van der Waals surface area contributed by atoms with Crippen LogP contribution in [0.3, 0.4) is 0 Å². The van der Waals surface area contributed by atoms with Gasteiger partial charge in [-0.3, -0.25) is 4.79 Å². The Labute approximate surface area is 89.2 Å². The number of nitrogens with one attached hydrogen (secondary N) is 1. The van der Waals surface area contributed by atoms with Crippen molar-refractivity contribution in [1.29, 1.82) is 0 Å². The smallest absolute Gasteiger partial charge is 0.225 e. The molecule has 1 amide bonds. The third kappa shape index (κ3) is 3.69. The molecule has 0 atom stereocenters. The summed E-state index contributed by atoms with van der Waals surface area (Å²) < 4.78 is 4.55. The number of anilines is 1. The van der Waals surface area contributed by atoms with Gasteiger partial charge in [0.2, 0.25) is 11.7 Å². The Bertz CT molecular complexity index is 309. The predicted molar refractivity (Wildman–Crippen MR) is 56.4 cm³/mol. The van der Waals surface area contributed by atoms with Crippen LogP contribution in [0.4, 0.5) is 5.82 Å². The molecule has 1 N–H and O–H groups in total. The Morgan fingerprint density at radius 2 is 2.13 bits per heavy atom. The van der Waals surface area contributed by atoms with Crippen LogP contribution in [-0.4, -0.2) is 16.2 Å². The molecular formula is C10H17N3O2. The molecule has 0 aliphatic carbocycles. The fourth-order valence-electron chi connectivity index (χ4n) is 1.26. The summed E-state index contributed by atoms with van der Waals surface area (Å²) in [5, 5.41) is 10.0. The minimum atomic E-state index is -0.0196. The number of carbonyl (C=O) groups is 1. The molecule has 0 unspecified atom stereocenters. The van der Waals surface area contributed by atoms with Crippen LogP contribution in [0.2, 0.25) is 0 Å². The zero-order valence-electron chi connectivity index (χ0n) is 9.25. The average molecular weight is 211 g/mol. The van der Waals surface area contributed by atoms with Crippen LogP contribution in [0.5, 0.6) is 0 Å². The van der Waals surface area contributed by atoms with Crippen molar-refractivity contribution >= 4 is 11.7 Å². The summed E-state index contributed by atoms with van der Waals surface area (Å²) in [4.78, 5) is 11.4. The van der Waals surface area contributed by atoms with E-state index in [1.54, 1.807) is 0 Å². The molecule has 5 heteroatoms. The zero-order valence-corrected chi connectivity index (χ0v) is 9.25. The van der Waals surface area contributed by atoms with Crippen LogP contribution >= 0.6 is 0 Å². The van der Waals surface area contributed by atoms with Crippen molar-refractivity contribution in [1.82, 2.24) is 10.3 Å². The van der Waals surface area contributed by atoms with E-state index in [9.17, 15) is 4.79 Å². The molecule has 1 rings (SSSR count). The number of amides is 1. The van der Waals surface area contributed by atoms with Crippen molar-refractivity contribution in [3.05, 3.63) is 5.69 Å². The molecule has 0 aliphatic rings. The van der Waals surface area contributed by atoms with E-state index in [0.29, 0.717) is 24.4 Å². The zero-order chi connectivity index (χ0) is 11.1. The lowest BCUT2D eigenvalue weighted by Gasteiger charge is -2.01. The lowest BCUT2D eigenvalue weighted by atomic mass is 10.2. The van der Waals surface area contributed by atoms with Gasteiger partial charge in [0, 0.05) is 6.42 Å². The molecule has 1 aromatic heterocycles. The van der Waals surface area contributed by atoms with Crippen molar-refractivity contribution < 1.29 is 9.42 Å². The van der Waals surface area contributed by atoms with E-state index in [1.165, 1.54) is 0 Å². The van der Waals surface area contributed by atoms with Crippen molar-refractivity contribution in [2.75, 3.05) is 5.32 Å². The second-order valence-electron chi connectivity index (χ2n) is 3.42. The Kier molecular flexibility index (Phi) is 4.80. The molecule has 5 nitrogen and oxygen atoms in total. The van der Waals surface area contributed by atoms with Gasteiger partial charge in [-0.1, -0.05) is 31.8 Å². The van der Waals surface area contributed by atoms with Gasteiger partial charge in [-0.25, -0.2) is 4.63 Å². The fourth-order valence-corrected chi connectivity index (χ4v) is 1.26. The topological polar surface area (TPSA) is 68.0 Å². The highest BCUT2D eigenvalue weighted by atomic mass is 16.6. The fraction of sp³-hybridized carbons (Fsp3) is 0.700. The molecule has 0 radical (unpaired) electrons. The first-order valence-corrected chi connectivity index (χ1v) is 5.39. The van der Waals surface area contributed by atoms with Gasteiger partial charge in [0.05, 0.1) is 0 Å². The van der Waals surface area contributed by atoms with E-state index in [4.69, 9.17) is 0 Å². The molecule has 0 fully saturated rings. The Morgan fingerprint density at radius 3 is 2.80 bits per heavy atom. The second-order valence-corrected chi connectivity index (χ2v) is 3.42. The van der Waals surface area contributed by atoms with Crippen molar-refractivity contribution in [3.8, 4) is 0 Å². The highest BCUT2D eigenvalue weighted by Gasteiger charge is 2.10. The number of hydrogen-bond donors (Lipinski definition) is 1. The minimum Gasteiger partial charge on any atom is -0.306 e. The number of rotatable bonds is 6. The van der Waals surface area contributed by atoms with Crippen molar-refractivity contribution in [2.24, 2.45) is 0 Å². The number of hydrogen-bond acceptors (Lipinski definition) is 4. The highest BCUT2D eigenvalue weighted by Crippen LogP contribution is 2.10.